The molecule has 0 atom stereocenters. The Hall–Kier alpha value is -1.73. The highest BCUT2D eigenvalue weighted by molar-refractivity contribution is 5.48. The molecule has 0 radical (unpaired) electrons. The highest BCUT2D eigenvalue weighted by Crippen LogP contribution is 2.11. The molecule has 0 aliphatic rings. The maximum absolute atomic E-state index is 6.64. The largest absolute Gasteiger partial charge is 0.238 e. The van der Waals surface area contributed by atoms with Gasteiger partial charge in [-0.3, -0.25) is 0 Å². The smallest absolute Gasteiger partial charge is 0.187 e. The van der Waals surface area contributed by atoms with Crippen molar-refractivity contribution in [2.45, 2.75) is 0 Å². The Morgan fingerprint density at radius 1 is 1.30 bits per heavy atom. The van der Waals surface area contributed by atoms with Gasteiger partial charge < -0.3 is 0 Å². The van der Waals surface area contributed by atoms with E-state index in [1.807, 2.05) is 0 Å². The second-order valence-electron chi connectivity index (χ2n) is 1.80. The molecule has 1 aromatic carbocycles. The van der Waals surface area contributed by atoms with Crippen LogP contribution in [0.2, 0.25) is 0 Å². The summed E-state index contributed by atoms with van der Waals surface area (Å²) < 4.78 is 0. The summed E-state index contributed by atoms with van der Waals surface area (Å²) in [4.78, 5) is 3.23. The van der Waals surface area contributed by atoms with E-state index in [0.717, 1.165) is 5.56 Å². The molecule has 0 saturated heterocycles. The lowest BCUT2D eigenvalue weighted by Crippen LogP contribution is -1.68. The Labute approximate surface area is 60.1 Å². The molecule has 0 saturated carbocycles. The standard InChI is InChI=1S/C9H5N/c1-3-8-4-6-9(10-2)7-5-8/h1,4-7H. The molecule has 0 aliphatic carbocycles. The fourth-order valence-corrected chi connectivity index (χ4v) is 0.632. The van der Waals surface area contributed by atoms with Crippen LogP contribution in [0.15, 0.2) is 24.3 Å². The van der Waals surface area contributed by atoms with Crippen LogP contribution in [0.3, 0.4) is 0 Å². The van der Waals surface area contributed by atoms with E-state index in [9.17, 15) is 0 Å². The second-order valence-corrected chi connectivity index (χ2v) is 1.80. The first kappa shape index (κ1) is 6.39. The third kappa shape index (κ3) is 1.16. The molecule has 1 rings (SSSR count). The lowest BCUT2D eigenvalue weighted by molar-refractivity contribution is 1.66. The van der Waals surface area contributed by atoms with E-state index in [2.05, 4.69) is 10.8 Å². The van der Waals surface area contributed by atoms with Crippen molar-refractivity contribution in [1.29, 1.82) is 0 Å². The first-order chi connectivity index (χ1) is 4.86. The van der Waals surface area contributed by atoms with Crippen LogP contribution in [0.4, 0.5) is 5.69 Å². The second kappa shape index (κ2) is 2.71. The summed E-state index contributed by atoms with van der Waals surface area (Å²) >= 11 is 0. The molecule has 10 heavy (non-hydrogen) atoms. The first-order valence-electron chi connectivity index (χ1n) is 2.81. The molecule has 0 aromatic heterocycles. The fraction of sp³-hybridized carbons (Fsp3) is 0. The minimum absolute atomic E-state index is 0.624. The lowest BCUT2D eigenvalue weighted by Gasteiger charge is -1.88. The topological polar surface area (TPSA) is 4.36 Å². The molecule has 0 fully saturated rings. The van der Waals surface area contributed by atoms with Crippen LogP contribution in [0, 0.1) is 18.9 Å². The average Bonchev–Trinajstić information content (AvgIpc) is 2.05. The Balaban J connectivity index is 3.08. The van der Waals surface area contributed by atoms with Crippen LogP contribution in [0.25, 0.3) is 4.85 Å². The highest BCUT2D eigenvalue weighted by Gasteiger charge is 1.87. The summed E-state index contributed by atoms with van der Waals surface area (Å²) in [6.07, 6.45) is 5.11. The van der Waals surface area contributed by atoms with Crippen molar-refractivity contribution in [1.82, 2.24) is 0 Å². The van der Waals surface area contributed by atoms with E-state index in [1.54, 1.807) is 24.3 Å². The van der Waals surface area contributed by atoms with Gasteiger partial charge in [-0.05, 0) is 0 Å². The zero-order valence-corrected chi connectivity index (χ0v) is 5.33. The number of nitrogens with zero attached hydrogens (tertiary/aromatic N) is 1. The summed E-state index contributed by atoms with van der Waals surface area (Å²) in [5.41, 5.74) is 1.44. The molecular formula is C9H5N. The van der Waals surface area contributed by atoms with E-state index in [-0.39, 0.29) is 0 Å². The Kier molecular flexibility index (Phi) is 1.73. The van der Waals surface area contributed by atoms with Crippen molar-refractivity contribution in [3.05, 3.63) is 41.2 Å². The van der Waals surface area contributed by atoms with Gasteiger partial charge in [-0.25, -0.2) is 4.85 Å². The minimum atomic E-state index is 0.624. The third-order valence-corrected chi connectivity index (χ3v) is 1.16. The van der Waals surface area contributed by atoms with Gasteiger partial charge in [0.25, 0.3) is 0 Å². The monoisotopic (exact) mass is 127 g/mol. The summed E-state index contributed by atoms with van der Waals surface area (Å²) in [5, 5.41) is 0. The van der Waals surface area contributed by atoms with E-state index in [0.29, 0.717) is 5.69 Å². The Bertz CT molecular complexity index is 262. The highest BCUT2D eigenvalue weighted by atomic mass is 14.6. The van der Waals surface area contributed by atoms with Gasteiger partial charge in [0.05, 0.1) is 6.57 Å². The van der Waals surface area contributed by atoms with Crippen LogP contribution < -0.4 is 0 Å². The Morgan fingerprint density at radius 2 is 1.90 bits per heavy atom. The van der Waals surface area contributed by atoms with Crippen LogP contribution in [0.5, 0.6) is 0 Å². The molecule has 0 N–H and O–H groups in total. The van der Waals surface area contributed by atoms with Gasteiger partial charge in [-0.15, -0.1) is 6.42 Å². The minimum Gasteiger partial charge on any atom is -0.238 e. The normalized spacial score (nSPS) is 7.80. The zero-order valence-electron chi connectivity index (χ0n) is 5.33. The quantitative estimate of drug-likeness (QED) is 0.372. The van der Waals surface area contributed by atoms with Gasteiger partial charge in [-0.1, -0.05) is 30.2 Å². The van der Waals surface area contributed by atoms with E-state index in [4.69, 9.17) is 13.0 Å². The van der Waals surface area contributed by atoms with Crippen molar-refractivity contribution in [3.8, 4) is 12.3 Å². The van der Waals surface area contributed by atoms with Crippen molar-refractivity contribution in [2.24, 2.45) is 0 Å². The maximum atomic E-state index is 6.64. The molecule has 0 unspecified atom stereocenters. The van der Waals surface area contributed by atoms with Gasteiger partial charge in [-0.2, -0.15) is 0 Å². The van der Waals surface area contributed by atoms with Gasteiger partial charge >= 0.3 is 0 Å². The summed E-state index contributed by atoms with van der Waals surface area (Å²) in [7, 11) is 0. The molecule has 1 heteroatoms. The van der Waals surface area contributed by atoms with Crippen molar-refractivity contribution in [3.63, 3.8) is 0 Å². The van der Waals surface area contributed by atoms with Gasteiger partial charge in [0.2, 0.25) is 0 Å². The molecule has 1 aromatic rings. The van der Waals surface area contributed by atoms with E-state index < -0.39 is 0 Å². The molecule has 0 aliphatic heterocycles. The Morgan fingerprint density at radius 3 is 2.30 bits per heavy atom. The van der Waals surface area contributed by atoms with Gasteiger partial charge in [0, 0.05) is 5.56 Å². The molecule has 0 heterocycles. The number of benzene rings is 1. The molecular weight excluding hydrogens is 122 g/mol. The number of rotatable bonds is 0. The predicted molar refractivity (Wildman–Crippen MR) is 40.6 cm³/mol. The molecule has 0 spiro atoms. The van der Waals surface area contributed by atoms with Crippen LogP contribution >= 0.6 is 0 Å². The summed E-state index contributed by atoms with van der Waals surface area (Å²) in [6.45, 7) is 6.64. The summed E-state index contributed by atoms with van der Waals surface area (Å²) in [5.74, 6) is 2.48. The molecule has 46 valence electrons. The number of hydrogen-bond acceptors (Lipinski definition) is 0. The fourth-order valence-electron chi connectivity index (χ4n) is 0.632. The molecule has 1 nitrogen and oxygen atoms in total. The maximum Gasteiger partial charge on any atom is 0.187 e. The third-order valence-electron chi connectivity index (χ3n) is 1.16. The first-order valence-corrected chi connectivity index (χ1v) is 2.81. The number of terminal acetylenes is 1. The summed E-state index contributed by atoms with van der Waals surface area (Å²) in [6, 6.07) is 6.94. The lowest BCUT2D eigenvalue weighted by atomic mass is 10.2. The van der Waals surface area contributed by atoms with E-state index >= 15 is 0 Å². The SMILES string of the molecule is [C-]#[N+]c1ccc(C#C)cc1. The van der Waals surface area contributed by atoms with Crippen molar-refractivity contribution < 1.29 is 0 Å². The zero-order chi connectivity index (χ0) is 7.40. The van der Waals surface area contributed by atoms with Gasteiger partial charge in [0.15, 0.2) is 5.69 Å². The van der Waals surface area contributed by atoms with Crippen LogP contribution in [0.1, 0.15) is 5.56 Å². The van der Waals surface area contributed by atoms with Gasteiger partial charge in [0.1, 0.15) is 0 Å². The van der Waals surface area contributed by atoms with Crippen LogP contribution in [-0.4, -0.2) is 0 Å². The predicted octanol–water partition coefficient (Wildman–Crippen LogP) is 2.22. The van der Waals surface area contributed by atoms with E-state index in [1.165, 1.54) is 0 Å². The van der Waals surface area contributed by atoms with Crippen molar-refractivity contribution in [2.75, 3.05) is 0 Å². The van der Waals surface area contributed by atoms with Crippen LogP contribution in [-0.2, 0) is 0 Å². The molecule has 0 amide bonds. The van der Waals surface area contributed by atoms with Crippen molar-refractivity contribution >= 4 is 5.69 Å². The number of hydrogen-bond donors (Lipinski definition) is 0. The molecule has 0 bridgehead atoms. The average molecular weight is 127 g/mol.